The summed E-state index contributed by atoms with van der Waals surface area (Å²) in [5.74, 6) is 0.118. The van der Waals surface area contributed by atoms with Gasteiger partial charge >= 0.3 is 0 Å². The number of halogens is 1. The minimum Gasteiger partial charge on any atom is -0.339 e. The van der Waals surface area contributed by atoms with Crippen molar-refractivity contribution in [2.75, 3.05) is 58.9 Å². The van der Waals surface area contributed by atoms with Crippen LogP contribution in [0.1, 0.15) is 11.1 Å². The minimum absolute atomic E-state index is 0.118. The lowest BCUT2D eigenvalue weighted by Gasteiger charge is -2.37. The zero-order valence-corrected chi connectivity index (χ0v) is 20.6. The van der Waals surface area contributed by atoms with E-state index >= 15 is 0 Å². The van der Waals surface area contributed by atoms with Gasteiger partial charge in [-0.2, -0.15) is 4.31 Å². The van der Waals surface area contributed by atoms with E-state index in [-0.39, 0.29) is 15.8 Å². The highest BCUT2D eigenvalue weighted by molar-refractivity contribution is 7.89. The van der Waals surface area contributed by atoms with Gasteiger partial charge in [0.15, 0.2) is 0 Å². The van der Waals surface area contributed by atoms with Crippen LogP contribution in [0.4, 0.5) is 0 Å². The third-order valence-electron chi connectivity index (χ3n) is 6.36. The van der Waals surface area contributed by atoms with E-state index in [9.17, 15) is 13.2 Å². The van der Waals surface area contributed by atoms with Crippen molar-refractivity contribution >= 4 is 27.5 Å². The fourth-order valence-electron chi connectivity index (χ4n) is 4.44. The predicted molar refractivity (Wildman–Crippen MR) is 130 cm³/mol. The molecule has 0 N–H and O–H groups in total. The van der Waals surface area contributed by atoms with Gasteiger partial charge in [-0.15, -0.1) is 0 Å². The van der Waals surface area contributed by atoms with Crippen LogP contribution in [-0.2, 0) is 21.4 Å². The average molecular weight is 491 g/mol. The van der Waals surface area contributed by atoms with E-state index < -0.39 is 10.0 Å². The second-order valence-electron chi connectivity index (χ2n) is 8.76. The van der Waals surface area contributed by atoms with E-state index in [1.165, 1.54) is 21.5 Å². The zero-order chi connectivity index (χ0) is 23.4. The SMILES string of the molecule is Cc1cccc(CN2CCN(C(=O)CN3CCN(S(=O)(=O)c4ccccc4Cl)CC3)CC2)c1. The molecular weight excluding hydrogens is 460 g/mol. The molecule has 2 aliphatic heterocycles. The third kappa shape index (κ3) is 5.94. The minimum atomic E-state index is -3.63. The molecule has 2 saturated heterocycles. The molecular formula is C24H31ClN4O3S. The first kappa shape index (κ1) is 24.2. The van der Waals surface area contributed by atoms with E-state index in [1.807, 2.05) is 9.80 Å². The van der Waals surface area contributed by atoms with E-state index in [4.69, 9.17) is 11.6 Å². The Morgan fingerprint density at radius 2 is 1.55 bits per heavy atom. The molecule has 0 saturated carbocycles. The van der Waals surface area contributed by atoms with E-state index in [0.717, 1.165) is 32.7 Å². The molecule has 2 aromatic rings. The average Bonchev–Trinajstić information content (AvgIpc) is 2.80. The van der Waals surface area contributed by atoms with E-state index in [2.05, 4.69) is 36.1 Å². The highest BCUT2D eigenvalue weighted by atomic mass is 35.5. The number of nitrogens with zero attached hydrogens (tertiary/aromatic N) is 4. The molecule has 4 rings (SSSR count). The number of carbonyl (C=O) groups is 1. The summed E-state index contributed by atoms with van der Waals surface area (Å²) in [4.78, 5) is 19.3. The largest absolute Gasteiger partial charge is 0.339 e. The molecule has 9 heteroatoms. The lowest BCUT2D eigenvalue weighted by Crippen LogP contribution is -2.54. The Balaban J connectivity index is 1.23. The number of benzene rings is 2. The van der Waals surface area contributed by atoms with Gasteiger partial charge < -0.3 is 4.90 Å². The molecule has 1 amide bonds. The van der Waals surface area contributed by atoms with E-state index in [1.54, 1.807) is 18.2 Å². The Morgan fingerprint density at radius 1 is 0.879 bits per heavy atom. The van der Waals surface area contributed by atoms with Crippen molar-refractivity contribution in [1.29, 1.82) is 0 Å². The van der Waals surface area contributed by atoms with Crippen LogP contribution < -0.4 is 0 Å². The summed E-state index contributed by atoms with van der Waals surface area (Å²) in [6, 6.07) is 15.1. The lowest BCUT2D eigenvalue weighted by molar-refractivity contribution is -0.134. The molecule has 0 spiro atoms. The molecule has 0 aliphatic carbocycles. The first-order chi connectivity index (χ1) is 15.8. The standard InChI is InChI=1S/C24H31ClN4O3S/c1-20-5-4-6-21(17-20)18-26-9-13-28(14-10-26)24(30)19-27-11-15-29(16-12-27)33(31,32)23-8-3-2-7-22(23)25/h2-8,17H,9-16,18-19H2,1H3. The predicted octanol–water partition coefficient (Wildman–Crippen LogP) is 2.30. The molecule has 33 heavy (non-hydrogen) atoms. The Labute approximate surface area is 201 Å². The van der Waals surface area contributed by atoms with Crippen LogP contribution in [0.3, 0.4) is 0 Å². The van der Waals surface area contributed by atoms with Crippen LogP contribution in [-0.4, -0.2) is 92.2 Å². The highest BCUT2D eigenvalue weighted by Gasteiger charge is 2.31. The summed E-state index contributed by atoms with van der Waals surface area (Å²) in [5, 5.41) is 0.233. The summed E-state index contributed by atoms with van der Waals surface area (Å²) in [7, 11) is -3.63. The monoisotopic (exact) mass is 490 g/mol. The maximum absolute atomic E-state index is 12.9. The molecule has 0 atom stereocenters. The summed E-state index contributed by atoms with van der Waals surface area (Å²) in [5.41, 5.74) is 2.57. The molecule has 7 nitrogen and oxygen atoms in total. The molecule has 0 unspecified atom stereocenters. The normalized spacial score (nSPS) is 19.0. The molecule has 0 radical (unpaired) electrons. The van der Waals surface area contributed by atoms with Gasteiger partial charge in [-0.25, -0.2) is 8.42 Å². The number of hydrogen-bond donors (Lipinski definition) is 0. The number of hydrogen-bond acceptors (Lipinski definition) is 5. The molecule has 2 aromatic carbocycles. The van der Waals surface area contributed by atoms with Gasteiger partial charge in [0.25, 0.3) is 0 Å². The summed E-state index contributed by atoms with van der Waals surface area (Å²) >= 11 is 6.10. The molecule has 0 bridgehead atoms. The summed E-state index contributed by atoms with van der Waals surface area (Å²) in [6.07, 6.45) is 0. The summed E-state index contributed by atoms with van der Waals surface area (Å²) in [6.45, 7) is 8.29. The maximum Gasteiger partial charge on any atom is 0.244 e. The van der Waals surface area contributed by atoms with Gasteiger partial charge in [-0.1, -0.05) is 53.6 Å². The fourth-order valence-corrected chi connectivity index (χ4v) is 6.35. The van der Waals surface area contributed by atoms with Crippen molar-refractivity contribution in [3.8, 4) is 0 Å². The first-order valence-corrected chi connectivity index (χ1v) is 13.2. The fraction of sp³-hybridized carbons (Fsp3) is 0.458. The Morgan fingerprint density at radius 3 is 2.21 bits per heavy atom. The Kier molecular flexibility index (Phi) is 7.71. The van der Waals surface area contributed by atoms with Crippen molar-refractivity contribution in [1.82, 2.24) is 19.0 Å². The molecule has 2 aliphatic rings. The van der Waals surface area contributed by atoms with Crippen LogP contribution in [0.15, 0.2) is 53.4 Å². The number of rotatable bonds is 6. The van der Waals surface area contributed by atoms with Gasteiger partial charge in [-0.05, 0) is 24.6 Å². The van der Waals surface area contributed by atoms with Gasteiger partial charge in [0.05, 0.1) is 11.6 Å². The number of sulfonamides is 1. The molecule has 2 heterocycles. The van der Waals surface area contributed by atoms with Crippen LogP contribution in [0.25, 0.3) is 0 Å². The number of aryl methyl sites for hydroxylation is 1. The van der Waals surface area contributed by atoms with Crippen molar-refractivity contribution in [3.05, 3.63) is 64.7 Å². The zero-order valence-electron chi connectivity index (χ0n) is 19.0. The van der Waals surface area contributed by atoms with Crippen LogP contribution in [0.2, 0.25) is 5.02 Å². The van der Waals surface area contributed by atoms with Gasteiger partial charge in [0, 0.05) is 58.9 Å². The number of amides is 1. The van der Waals surface area contributed by atoms with Crippen molar-refractivity contribution in [2.24, 2.45) is 0 Å². The Hall–Kier alpha value is -1.97. The third-order valence-corrected chi connectivity index (χ3v) is 8.76. The molecule has 178 valence electrons. The van der Waals surface area contributed by atoms with Crippen LogP contribution >= 0.6 is 11.6 Å². The topological polar surface area (TPSA) is 64.2 Å². The number of piperazine rings is 2. The smallest absolute Gasteiger partial charge is 0.244 e. The van der Waals surface area contributed by atoms with Crippen LogP contribution in [0.5, 0.6) is 0 Å². The van der Waals surface area contributed by atoms with Gasteiger partial charge in [0.1, 0.15) is 4.90 Å². The second kappa shape index (κ2) is 10.5. The lowest BCUT2D eigenvalue weighted by atomic mass is 10.1. The van der Waals surface area contributed by atoms with E-state index in [0.29, 0.717) is 32.7 Å². The summed E-state index contributed by atoms with van der Waals surface area (Å²) < 4.78 is 27.3. The second-order valence-corrected chi connectivity index (χ2v) is 11.1. The van der Waals surface area contributed by atoms with Crippen molar-refractivity contribution < 1.29 is 13.2 Å². The van der Waals surface area contributed by atoms with Gasteiger partial charge in [-0.3, -0.25) is 14.6 Å². The molecule has 0 aromatic heterocycles. The quantitative estimate of drug-likeness (QED) is 0.621. The maximum atomic E-state index is 12.9. The Bertz CT molecular complexity index is 1080. The molecule has 2 fully saturated rings. The highest BCUT2D eigenvalue weighted by Crippen LogP contribution is 2.25. The van der Waals surface area contributed by atoms with Gasteiger partial charge in [0.2, 0.25) is 15.9 Å². The van der Waals surface area contributed by atoms with Crippen molar-refractivity contribution in [3.63, 3.8) is 0 Å². The number of carbonyl (C=O) groups excluding carboxylic acids is 1. The van der Waals surface area contributed by atoms with Crippen LogP contribution in [0, 0.1) is 6.92 Å². The van der Waals surface area contributed by atoms with Crippen molar-refractivity contribution in [2.45, 2.75) is 18.4 Å². The first-order valence-electron chi connectivity index (χ1n) is 11.4.